The van der Waals surface area contributed by atoms with Crippen molar-refractivity contribution in [2.24, 2.45) is 5.92 Å². The van der Waals surface area contributed by atoms with Crippen molar-refractivity contribution >= 4 is 0 Å². The Morgan fingerprint density at radius 3 is 2.57 bits per heavy atom. The molecule has 0 amide bonds. The van der Waals surface area contributed by atoms with Crippen molar-refractivity contribution in [3.63, 3.8) is 0 Å². The van der Waals surface area contributed by atoms with Crippen LogP contribution in [-0.4, -0.2) is 26.3 Å². The molecule has 0 aliphatic heterocycles. The van der Waals surface area contributed by atoms with E-state index in [4.69, 9.17) is 4.74 Å². The summed E-state index contributed by atoms with van der Waals surface area (Å²) in [5, 5.41) is 3.49. The second-order valence-corrected chi connectivity index (χ2v) is 3.82. The van der Waals surface area contributed by atoms with Crippen LogP contribution >= 0.6 is 0 Å². The van der Waals surface area contributed by atoms with Crippen LogP contribution < -0.4 is 5.32 Å². The molecule has 86 valence electrons. The number of hydrogen-bond donors (Lipinski definition) is 1. The first kappa shape index (κ1) is 13.9. The first-order valence-corrected chi connectivity index (χ1v) is 6.13. The Labute approximate surface area is 89.4 Å². The molecule has 14 heavy (non-hydrogen) atoms. The van der Waals surface area contributed by atoms with E-state index < -0.39 is 0 Å². The van der Waals surface area contributed by atoms with Gasteiger partial charge in [-0.25, -0.2) is 0 Å². The SMILES string of the molecule is CCCNCC(CC)CCCOCC. The second kappa shape index (κ2) is 11.0. The molecule has 0 radical (unpaired) electrons. The van der Waals surface area contributed by atoms with Gasteiger partial charge in [-0.3, -0.25) is 0 Å². The molecule has 0 saturated heterocycles. The fourth-order valence-electron chi connectivity index (χ4n) is 1.55. The van der Waals surface area contributed by atoms with Gasteiger partial charge in [-0.15, -0.1) is 0 Å². The van der Waals surface area contributed by atoms with Crippen LogP contribution in [0.4, 0.5) is 0 Å². The van der Waals surface area contributed by atoms with E-state index in [1.54, 1.807) is 0 Å². The third-order valence-corrected chi connectivity index (χ3v) is 2.54. The standard InChI is InChI=1S/C12H27NO/c1-4-9-13-11-12(5-2)8-7-10-14-6-3/h12-13H,4-11H2,1-3H3. The maximum atomic E-state index is 5.33. The lowest BCUT2D eigenvalue weighted by atomic mass is 10.0. The van der Waals surface area contributed by atoms with Crippen molar-refractivity contribution in [2.45, 2.75) is 46.5 Å². The Morgan fingerprint density at radius 1 is 1.21 bits per heavy atom. The smallest absolute Gasteiger partial charge is 0.0466 e. The predicted octanol–water partition coefficient (Wildman–Crippen LogP) is 2.83. The van der Waals surface area contributed by atoms with Gasteiger partial charge in [0.25, 0.3) is 0 Å². The van der Waals surface area contributed by atoms with Crippen LogP contribution in [0.15, 0.2) is 0 Å². The van der Waals surface area contributed by atoms with E-state index in [1.807, 2.05) is 0 Å². The molecule has 0 saturated carbocycles. The van der Waals surface area contributed by atoms with E-state index in [2.05, 4.69) is 26.1 Å². The summed E-state index contributed by atoms with van der Waals surface area (Å²) >= 11 is 0. The summed E-state index contributed by atoms with van der Waals surface area (Å²) in [6, 6.07) is 0. The Balaban J connectivity index is 3.28. The van der Waals surface area contributed by atoms with E-state index in [0.29, 0.717) is 0 Å². The highest BCUT2D eigenvalue weighted by Crippen LogP contribution is 2.09. The molecule has 1 atom stereocenters. The zero-order chi connectivity index (χ0) is 10.6. The molecule has 0 spiro atoms. The van der Waals surface area contributed by atoms with Crippen LogP contribution in [0.1, 0.15) is 46.5 Å². The molecule has 0 aromatic carbocycles. The van der Waals surface area contributed by atoms with E-state index in [-0.39, 0.29) is 0 Å². The zero-order valence-electron chi connectivity index (χ0n) is 10.1. The molecule has 1 unspecified atom stereocenters. The molecular formula is C12H27NO. The fraction of sp³-hybridized carbons (Fsp3) is 1.00. The van der Waals surface area contributed by atoms with Crippen molar-refractivity contribution in [3.8, 4) is 0 Å². The molecule has 0 bridgehead atoms. The topological polar surface area (TPSA) is 21.3 Å². The average molecular weight is 201 g/mol. The van der Waals surface area contributed by atoms with Crippen molar-refractivity contribution in [3.05, 3.63) is 0 Å². The summed E-state index contributed by atoms with van der Waals surface area (Å²) in [6.07, 6.45) is 5.02. The lowest BCUT2D eigenvalue weighted by Crippen LogP contribution is -2.23. The molecule has 0 fully saturated rings. The summed E-state index contributed by atoms with van der Waals surface area (Å²) < 4.78 is 5.33. The Bertz CT molecular complexity index is 106. The average Bonchev–Trinajstić information content (AvgIpc) is 2.22. The van der Waals surface area contributed by atoms with Gasteiger partial charge in [-0.2, -0.15) is 0 Å². The maximum Gasteiger partial charge on any atom is 0.0466 e. The summed E-state index contributed by atoms with van der Waals surface area (Å²) in [5.74, 6) is 0.835. The first-order valence-electron chi connectivity index (χ1n) is 6.13. The second-order valence-electron chi connectivity index (χ2n) is 3.82. The number of nitrogens with one attached hydrogen (secondary N) is 1. The summed E-state index contributed by atoms with van der Waals surface area (Å²) in [5.41, 5.74) is 0. The lowest BCUT2D eigenvalue weighted by molar-refractivity contribution is 0.139. The minimum atomic E-state index is 0.835. The molecule has 2 heteroatoms. The zero-order valence-corrected chi connectivity index (χ0v) is 10.1. The van der Waals surface area contributed by atoms with Crippen molar-refractivity contribution in [2.75, 3.05) is 26.3 Å². The van der Waals surface area contributed by atoms with Gasteiger partial charge in [0, 0.05) is 13.2 Å². The molecular weight excluding hydrogens is 174 g/mol. The summed E-state index contributed by atoms with van der Waals surface area (Å²) in [6.45, 7) is 10.7. The molecule has 0 rings (SSSR count). The maximum absolute atomic E-state index is 5.33. The predicted molar refractivity (Wildman–Crippen MR) is 62.7 cm³/mol. The summed E-state index contributed by atoms with van der Waals surface area (Å²) in [7, 11) is 0. The first-order chi connectivity index (χ1) is 6.85. The molecule has 0 aromatic heterocycles. The highest BCUT2D eigenvalue weighted by atomic mass is 16.5. The number of hydrogen-bond acceptors (Lipinski definition) is 2. The molecule has 1 N–H and O–H groups in total. The Kier molecular flexibility index (Phi) is 10.9. The van der Waals surface area contributed by atoms with Gasteiger partial charge < -0.3 is 10.1 Å². The number of ether oxygens (including phenoxy) is 1. The van der Waals surface area contributed by atoms with Gasteiger partial charge in [0.15, 0.2) is 0 Å². The van der Waals surface area contributed by atoms with Crippen LogP contribution in [0.25, 0.3) is 0 Å². The largest absolute Gasteiger partial charge is 0.382 e. The monoisotopic (exact) mass is 201 g/mol. The molecule has 0 aromatic rings. The van der Waals surface area contributed by atoms with Gasteiger partial charge in [0.05, 0.1) is 0 Å². The van der Waals surface area contributed by atoms with Crippen molar-refractivity contribution < 1.29 is 4.74 Å². The number of rotatable bonds is 10. The lowest BCUT2D eigenvalue weighted by Gasteiger charge is -2.15. The molecule has 0 heterocycles. The van der Waals surface area contributed by atoms with Crippen LogP contribution in [0, 0.1) is 5.92 Å². The third kappa shape index (κ3) is 8.52. The summed E-state index contributed by atoms with van der Waals surface area (Å²) in [4.78, 5) is 0. The van der Waals surface area contributed by atoms with E-state index >= 15 is 0 Å². The van der Waals surface area contributed by atoms with E-state index in [1.165, 1.54) is 32.2 Å². The van der Waals surface area contributed by atoms with Crippen molar-refractivity contribution in [1.82, 2.24) is 5.32 Å². The van der Waals surface area contributed by atoms with Gasteiger partial charge in [0.2, 0.25) is 0 Å². The van der Waals surface area contributed by atoms with Gasteiger partial charge in [-0.1, -0.05) is 20.3 Å². The Morgan fingerprint density at radius 2 is 2.00 bits per heavy atom. The quantitative estimate of drug-likeness (QED) is 0.549. The molecule has 0 aliphatic carbocycles. The highest BCUT2D eigenvalue weighted by molar-refractivity contribution is 4.60. The fourth-order valence-corrected chi connectivity index (χ4v) is 1.55. The van der Waals surface area contributed by atoms with E-state index in [0.717, 1.165) is 25.7 Å². The highest BCUT2D eigenvalue weighted by Gasteiger charge is 2.04. The van der Waals surface area contributed by atoms with Gasteiger partial charge in [0.1, 0.15) is 0 Å². The van der Waals surface area contributed by atoms with Crippen molar-refractivity contribution in [1.29, 1.82) is 0 Å². The van der Waals surface area contributed by atoms with E-state index in [9.17, 15) is 0 Å². The van der Waals surface area contributed by atoms with Crippen LogP contribution in [0.5, 0.6) is 0 Å². The van der Waals surface area contributed by atoms with Crippen LogP contribution in [0.2, 0.25) is 0 Å². The van der Waals surface area contributed by atoms with Gasteiger partial charge in [-0.05, 0) is 45.2 Å². The molecule has 2 nitrogen and oxygen atoms in total. The minimum Gasteiger partial charge on any atom is -0.382 e. The van der Waals surface area contributed by atoms with Crippen LogP contribution in [0.3, 0.4) is 0 Å². The third-order valence-electron chi connectivity index (χ3n) is 2.54. The minimum absolute atomic E-state index is 0.835. The normalized spacial score (nSPS) is 13.1. The Hall–Kier alpha value is -0.0800. The van der Waals surface area contributed by atoms with Crippen LogP contribution in [-0.2, 0) is 4.74 Å². The van der Waals surface area contributed by atoms with Gasteiger partial charge >= 0.3 is 0 Å². The molecule has 0 aliphatic rings.